The number of fused-ring (bicyclic) bond motifs is 5. The molecule has 29 heavy (non-hydrogen) atoms. The van der Waals surface area contributed by atoms with E-state index in [1.165, 1.54) is 4.90 Å². The van der Waals surface area contributed by atoms with Crippen molar-refractivity contribution in [2.75, 3.05) is 32.7 Å². The van der Waals surface area contributed by atoms with E-state index in [4.69, 9.17) is 0 Å². The van der Waals surface area contributed by atoms with Gasteiger partial charge in [-0.05, 0) is 31.6 Å². The number of aliphatic imine (C=N–C) groups is 1. The molecule has 3 N–H and O–H groups in total. The van der Waals surface area contributed by atoms with Gasteiger partial charge in [-0.15, -0.1) is 24.0 Å². The lowest BCUT2D eigenvalue weighted by Gasteiger charge is -2.18. The standard InChI is InChI=1S/C20H31N5O3.HI/c1-3-8-22-15(26)7-9-23-20(21-4-2)24-10-11-25-18(27)16-13-5-6-14(12-13)17(16)19(25)28;/h5-6,13-14,16-17H,3-4,7-12H2,1-2H3,(H,22,26)(H2,21,23,24);1H. The number of rotatable bonds is 9. The van der Waals surface area contributed by atoms with Gasteiger partial charge in [-0.1, -0.05) is 19.1 Å². The smallest absolute Gasteiger partial charge is 0.233 e. The Bertz CT molecular complexity index is 651. The number of guanidine groups is 1. The first-order valence-corrected chi connectivity index (χ1v) is 10.4. The van der Waals surface area contributed by atoms with Crippen molar-refractivity contribution in [2.45, 2.75) is 33.1 Å². The first kappa shape index (κ1) is 23.6. The molecule has 2 bridgehead atoms. The highest BCUT2D eigenvalue weighted by molar-refractivity contribution is 14.0. The van der Waals surface area contributed by atoms with E-state index in [0.29, 0.717) is 45.1 Å². The zero-order chi connectivity index (χ0) is 20.1. The summed E-state index contributed by atoms with van der Waals surface area (Å²) < 4.78 is 0. The third-order valence-corrected chi connectivity index (χ3v) is 5.71. The van der Waals surface area contributed by atoms with Crippen molar-refractivity contribution in [2.24, 2.45) is 28.7 Å². The molecule has 3 aliphatic rings. The van der Waals surface area contributed by atoms with Gasteiger partial charge in [-0.25, -0.2) is 0 Å². The number of amides is 3. The molecule has 3 rings (SSSR count). The number of nitrogens with zero attached hydrogens (tertiary/aromatic N) is 2. The molecule has 0 radical (unpaired) electrons. The summed E-state index contributed by atoms with van der Waals surface area (Å²) in [7, 11) is 0. The van der Waals surface area contributed by atoms with Crippen molar-refractivity contribution in [3.63, 3.8) is 0 Å². The molecule has 2 aliphatic carbocycles. The number of allylic oxidation sites excluding steroid dienone is 2. The lowest BCUT2D eigenvalue weighted by molar-refractivity contribution is -0.140. The minimum absolute atomic E-state index is 0. The molecule has 0 aromatic heterocycles. The molecule has 1 aliphatic heterocycles. The van der Waals surface area contributed by atoms with Gasteiger partial charge < -0.3 is 16.0 Å². The third kappa shape index (κ3) is 5.29. The van der Waals surface area contributed by atoms with Gasteiger partial charge in [0, 0.05) is 32.6 Å². The Labute approximate surface area is 189 Å². The van der Waals surface area contributed by atoms with Gasteiger partial charge in [-0.3, -0.25) is 24.3 Å². The van der Waals surface area contributed by atoms with Crippen LogP contribution in [0.3, 0.4) is 0 Å². The molecule has 0 aromatic carbocycles. The number of hydrogen-bond donors (Lipinski definition) is 3. The summed E-state index contributed by atoms with van der Waals surface area (Å²) in [5.74, 6) is 0.712. The Balaban J connectivity index is 0.00000300. The molecule has 9 heteroatoms. The van der Waals surface area contributed by atoms with Gasteiger partial charge in [0.15, 0.2) is 5.96 Å². The van der Waals surface area contributed by atoms with Crippen LogP contribution >= 0.6 is 24.0 Å². The number of imide groups is 1. The van der Waals surface area contributed by atoms with Gasteiger partial charge >= 0.3 is 0 Å². The SMILES string of the molecule is CCCNC(=O)CCN=C(NCC)NCCN1C(=O)C2C3C=CC(C3)C2C1=O.I. The minimum Gasteiger partial charge on any atom is -0.357 e. The topological polar surface area (TPSA) is 103 Å². The third-order valence-electron chi connectivity index (χ3n) is 5.71. The van der Waals surface area contributed by atoms with Crippen molar-refractivity contribution in [3.05, 3.63) is 12.2 Å². The van der Waals surface area contributed by atoms with Crippen LogP contribution in [-0.4, -0.2) is 61.3 Å². The van der Waals surface area contributed by atoms with Crippen LogP contribution < -0.4 is 16.0 Å². The van der Waals surface area contributed by atoms with E-state index in [1.54, 1.807) is 0 Å². The highest BCUT2D eigenvalue weighted by atomic mass is 127. The molecular weight excluding hydrogens is 485 g/mol. The van der Waals surface area contributed by atoms with Crippen LogP contribution in [0.2, 0.25) is 0 Å². The van der Waals surface area contributed by atoms with Gasteiger partial charge in [-0.2, -0.15) is 0 Å². The van der Waals surface area contributed by atoms with E-state index < -0.39 is 0 Å². The number of halogens is 1. The average molecular weight is 517 g/mol. The van der Waals surface area contributed by atoms with Crippen LogP contribution in [0.5, 0.6) is 0 Å². The summed E-state index contributed by atoms with van der Waals surface area (Å²) in [5.41, 5.74) is 0. The highest BCUT2D eigenvalue weighted by Gasteiger charge is 2.58. The Morgan fingerprint density at radius 1 is 1.07 bits per heavy atom. The molecule has 1 saturated heterocycles. The molecule has 0 spiro atoms. The van der Waals surface area contributed by atoms with Crippen molar-refractivity contribution in [3.8, 4) is 0 Å². The monoisotopic (exact) mass is 517 g/mol. The molecule has 1 heterocycles. The Morgan fingerprint density at radius 2 is 1.72 bits per heavy atom. The normalized spacial score (nSPS) is 27.1. The zero-order valence-electron chi connectivity index (χ0n) is 17.1. The van der Waals surface area contributed by atoms with Gasteiger partial charge in [0.05, 0.1) is 18.4 Å². The first-order chi connectivity index (χ1) is 13.6. The maximum Gasteiger partial charge on any atom is 0.233 e. The van der Waals surface area contributed by atoms with Crippen LogP contribution in [-0.2, 0) is 14.4 Å². The van der Waals surface area contributed by atoms with Crippen molar-refractivity contribution in [1.82, 2.24) is 20.9 Å². The van der Waals surface area contributed by atoms with Crippen molar-refractivity contribution < 1.29 is 14.4 Å². The van der Waals surface area contributed by atoms with E-state index in [-0.39, 0.29) is 65.4 Å². The molecule has 4 unspecified atom stereocenters. The molecule has 3 amide bonds. The van der Waals surface area contributed by atoms with Crippen LogP contribution in [0.15, 0.2) is 17.1 Å². The maximum atomic E-state index is 12.7. The van der Waals surface area contributed by atoms with E-state index in [0.717, 1.165) is 12.8 Å². The highest BCUT2D eigenvalue weighted by Crippen LogP contribution is 2.52. The van der Waals surface area contributed by atoms with Gasteiger partial charge in [0.2, 0.25) is 17.7 Å². The number of hydrogen-bond acceptors (Lipinski definition) is 4. The molecular formula is C20H32IN5O3. The van der Waals surface area contributed by atoms with Crippen LogP contribution in [0.4, 0.5) is 0 Å². The van der Waals surface area contributed by atoms with E-state index >= 15 is 0 Å². The molecule has 4 atom stereocenters. The second-order valence-corrected chi connectivity index (χ2v) is 7.62. The number of likely N-dealkylation sites (tertiary alicyclic amines) is 1. The van der Waals surface area contributed by atoms with Crippen LogP contribution in [0, 0.1) is 23.7 Å². The second-order valence-electron chi connectivity index (χ2n) is 7.62. The fraction of sp³-hybridized carbons (Fsp3) is 0.700. The van der Waals surface area contributed by atoms with Crippen LogP contribution in [0.25, 0.3) is 0 Å². The molecule has 2 fully saturated rings. The Hall–Kier alpha value is -1.65. The van der Waals surface area contributed by atoms with Crippen molar-refractivity contribution >= 4 is 47.7 Å². The minimum atomic E-state index is -0.147. The van der Waals surface area contributed by atoms with Gasteiger partial charge in [0.25, 0.3) is 0 Å². The predicted molar refractivity (Wildman–Crippen MR) is 122 cm³/mol. The maximum absolute atomic E-state index is 12.7. The molecule has 0 aromatic rings. The number of nitrogens with one attached hydrogen (secondary N) is 3. The zero-order valence-corrected chi connectivity index (χ0v) is 19.5. The Morgan fingerprint density at radius 3 is 2.31 bits per heavy atom. The van der Waals surface area contributed by atoms with E-state index in [1.807, 2.05) is 13.8 Å². The summed E-state index contributed by atoms with van der Waals surface area (Å²) in [6.45, 7) is 6.50. The number of carbonyl (C=O) groups excluding carboxylic acids is 3. The van der Waals surface area contributed by atoms with Crippen molar-refractivity contribution in [1.29, 1.82) is 0 Å². The largest absolute Gasteiger partial charge is 0.357 e. The molecule has 162 valence electrons. The average Bonchev–Trinajstić information content (AvgIpc) is 3.35. The lowest BCUT2D eigenvalue weighted by atomic mass is 9.85. The lowest BCUT2D eigenvalue weighted by Crippen LogP contribution is -2.43. The summed E-state index contributed by atoms with van der Waals surface area (Å²) in [4.78, 5) is 42.8. The summed E-state index contributed by atoms with van der Waals surface area (Å²) in [6, 6.07) is 0. The fourth-order valence-corrected chi connectivity index (χ4v) is 4.43. The first-order valence-electron chi connectivity index (χ1n) is 10.4. The van der Waals surface area contributed by atoms with E-state index in [2.05, 4.69) is 33.1 Å². The second kappa shape index (κ2) is 10.9. The Kier molecular flexibility index (Phi) is 8.91. The number of carbonyl (C=O) groups is 3. The fourth-order valence-electron chi connectivity index (χ4n) is 4.43. The summed E-state index contributed by atoms with van der Waals surface area (Å²) >= 11 is 0. The predicted octanol–water partition coefficient (Wildman–Crippen LogP) is 0.883. The molecule has 1 saturated carbocycles. The van der Waals surface area contributed by atoms with Gasteiger partial charge in [0.1, 0.15) is 0 Å². The quantitative estimate of drug-likeness (QED) is 0.139. The summed E-state index contributed by atoms with van der Waals surface area (Å²) in [5, 5.41) is 9.10. The summed E-state index contributed by atoms with van der Waals surface area (Å²) in [6.07, 6.45) is 6.39. The van der Waals surface area contributed by atoms with E-state index in [9.17, 15) is 14.4 Å². The van der Waals surface area contributed by atoms with Crippen LogP contribution in [0.1, 0.15) is 33.1 Å². The molecule has 8 nitrogen and oxygen atoms in total.